The minimum atomic E-state index is -1.44. The average molecular weight is 207 g/mol. The van der Waals surface area contributed by atoms with Crippen molar-refractivity contribution in [2.24, 2.45) is 0 Å². The fourth-order valence-electron chi connectivity index (χ4n) is 1.54. The van der Waals surface area contributed by atoms with Crippen LogP contribution >= 0.6 is 11.3 Å². The Labute approximate surface area is 85.9 Å². The first-order valence-electron chi connectivity index (χ1n) is 4.23. The van der Waals surface area contributed by atoms with Gasteiger partial charge in [0.25, 0.3) is 0 Å². The standard InChI is InChI=1S/C9H10BNO2S/c1-5-2-7(10(12)13)6-4-9(11)14-8(6)3-5/h2-4,12-13H,11H2,1H3. The van der Waals surface area contributed by atoms with Gasteiger partial charge in [0, 0.05) is 4.70 Å². The summed E-state index contributed by atoms with van der Waals surface area (Å²) in [6.45, 7) is 1.92. The van der Waals surface area contributed by atoms with Crippen molar-refractivity contribution in [1.29, 1.82) is 0 Å². The molecule has 0 aliphatic heterocycles. The molecule has 0 saturated carbocycles. The lowest BCUT2D eigenvalue weighted by atomic mass is 9.77. The van der Waals surface area contributed by atoms with Crippen molar-refractivity contribution < 1.29 is 10.0 Å². The highest BCUT2D eigenvalue weighted by Gasteiger charge is 2.16. The molecule has 0 spiro atoms. The van der Waals surface area contributed by atoms with Crippen molar-refractivity contribution in [3.63, 3.8) is 0 Å². The molecule has 0 aliphatic rings. The van der Waals surface area contributed by atoms with E-state index >= 15 is 0 Å². The number of nitrogen functional groups attached to an aromatic ring is 1. The molecule has 0 amide bonds. The van der Waals surface area contributed by atoms with Gasteiger partial charge in [0.1, 0.15) is 0 Å². The van der Waals surface area contributed by atoms with Crippen LogP contribution in [-0.2, 0) is 0 Å². The van der Waals surface area contributed by atoms with E-state index in [9.17, 15) is 10.0 Å². The van der Waals surface area contributed by atoms with E-state index < -0.39 is 7.12 Å². The number of hydrogen-bond acceptors (Lipinski definition) is 4. The quantitative estimate of drug-likeness (QED) is 0.595. The molecule has 0 aliphatic carbocycles. The predicted octanol–water partition coefficient (Wildman–Crippen LogP) is 0.472. The zero-order valence-corrected chi connectivity index (χ0v) is 8.51. The molecule has 0 bridgehead atoms. The van der Waals surface area contributed by atoms with Crippen LogP contribution in [0.15, 0.2) is 18.2 Å². The minimum absolute atomic E-state index is 0.521. The normalized spacial score (nSPS) is 10.8. The average Bonchev–Trinajstić information content (AvgIpc) is 2.42. The summed E-state index contributed by atoms with van der Waals surface area (Å²) < 4.78 is 0.991. The van der Waals surface area contributed by atoms with Crippen LogP contribution in [0.5, 0.6) is 0 Å². The maximum Gasteiger partial charge on any atom is 0.489 e. The Morgan fingerprint density at radius 3 is 2.64 bits per heavy atom. The van der Waals surface area contributed by atoms with Crippen LogP contribution in [0.2, 0.25) is 0 Å². The Morgan fingerprint density at radius 1 is 1.29 bits per heavy atom. The van der Waals surface area contributed by atoms with Crippen molar-refractivity contribution in [2.75, 3.05) is 5.73 Å². The van der Waals surface area contributed by atoms with E-state index in [2.05, 4.69) is 0 Å². The first-order chi connectivity index (χ1) is 6.58. The Kier molecular flexibility index (Phi) is 2.22. The van der Waals surface area contributed by atoms with Crippen molar-refractivity contribution in [3.8, 4) is 0 Å². The van der Waals surface area contributed by atoms with Gasteiger partial charge in [0.2, 0.25) is 0 Å². The van der Waals surface area contributed by atoms with E-state index in [0.717, 1.165) is 15.6 Å². The zero-order valence-electron chi connectivity index (χ0n) is 7.69. The van der Waals surface area contributed by atoms with E-state index in [1.807, 2.05) is 13.0 Å². The maximum absolute atomic E-state index is 9.17. The van der Waals surface area contributed by atoms with Crippen molar-refractivity contribution in [2.45, 2.75) is 6.92 Å². The van der Waals surface area contributed by atoms with Crippen LogP contribution in [-0.4, -0.2) is 17.2 Å². The Bertz CT molecular complexity index is 481. The summed E-state index contributed by atoms with van der Waals surface area (Å²) in [5.74, 6) is 0. The topological polar surface area (TPSA) is 66.5 Å². The molecule has 0 saturated heterocycles. The summed E-state index contributed by atoms with van der Waals surface area (Å²) >= 11 is 1.45. The molecule has 3 nitrogen and oxygen atoms in total. The van der Waals surface area contributed by atoms with E-state index in [-0.39, 0.29) is 0 Å². The second-order valence-corrected chi connectivity index (χ2v) is 4.40. The predicted molar refractivity (Wildman–Crippen MR) is 60.8 cm³/mol. The van der Waals surface area contributed by atoms with E-state index in [1.54, 1.807) is 12.1 Å². The lowest BCUT2D eigenvalue weighted by molar-refractivity contribution is 0.426. The molecule has 0 fully saturated rings. The van der Waals surface area contributed by atoms with Gasteiger partial charge in [-0.1, -0.05) is 11.6 Å². The van der Waals surface area contributed by atoms with Gasteiger partial charge < -0.3 is 15.8 Å². The third-order valence-corrected chi connectivity index (χ3v) is 3.02. The van der Waals surface area contributed by atoms with Gasteiger partial charge in [-0.15, -0.1) is 11.3 Å². The van der Waals surface area contributed by atoms with Gasteiger partial charge in [0.15, 0.2) is 0 Å². The van der Waals surface area contributed by atoms with E-state index in [4.69, 9.17) is 5.73 Å². The van der Waals surface area contributed by atoms with Crippen LogP contribution in [0.1, 0.15) is 5.56 Å². The summed E-state index contributed by atoms with van der Waals surface area (Å²) in [5, 5.41) is 19.9. The third kappa shape index (κ3) is 1.50. The van der Waals surface area contributed by atoms with E-state index in [1.165, 1.54) is 11.3 Å². The molecule has 1 heterocycles. The van der Waals surface area contributed by atoms with Gasteiger partial charge in [-0.25, -0.2) is 0 Å². The molecule has 14 heavy (non-hydrogen) atoms. The van der Waals surface area contributed by atoms with E-state index in [0.29, 0.717) is 10.5 Å². The fourth-order valence-corrected chi connectivity index (χ4v) is 2.50. The fraction of sp³-hybridized carbons (Fsp3) is 0.111. The van der Waals surface area contributed by atoms with Crippen LogP contribution < -0.4 is 11.2 Å². The molecule has 0 unspecified atom stereocenters. The van der Waals surface area contributed by atoms with Crippen molar-refractivity contribution in [1.82, 2.24) is 0 Å². The van der Waals surface area contributed by atoms with Crippen LogP contribution in [0, 0.1) is 6.92 Å². The summed E-state index contributed by atoms with van der Waals surface area (Å²) in [7, 11) is -1.44. The SMILES string of the molecule is Cc1cc(B(O)O)c2cc(N)sc2c1. The highest BCUT2D eigenvalue weighted by molar-refractivity contribution is 7.22. The van der Waals surface area contributed by atoms with Crippen LogP contribution in [0.3, 0.4) is 0 Å². The van der Waals surface area contributed by atoms with Crippen LogP contribution in [0.25, 0.3) is 10.1 Å². The molecule has 4 N–H and O–H groups in total. The molecule has 5 heteroatoms. The second kappa shape index (κ2) is 3.27. The first-order valence-corrected chi connectivity index (χ1v) is 5.05. The number of nitrogens with two attached hydrogens (primary N) is 1. The number of thiophene rings is 1. The lowest BCUT2D eigenvalue weighted by Gasteiger charge is -2.02. The highest BCUT2D eigenvalue weighted by atomic mass is 32.1. The number of aryl methyl sites for hydroxylation is 1. The smallest absolute Gasteiger partial charge is 0.423 e. The second-order valence-electron chi connectivity index (χ2n) is 3.29. The summed E-state index contributed by atoms with van der Waals surface area (Å²) in [5.41, 5.74) is 7.19. The van der Waals surface area contributed by atoms with Gasteiger partial charge >= 0.3 is 7.12 Å². The number of benzene rings is 1. The minimum Gasteiger partial charge on any atom is -0.423 e. The largest absolute Gasteiger partial charge is 0.489 e. The van der Waals surface area contributed by atoms with Gasteiger partial charge in [0.05, 0.1) is 5.00 Å². The molecule has 2 aromatic rings. The Balaban J connectivity index is 2.79. The summed E-state index contributed by atoms with van der Waals surface area (Å²) in [4.78, 5) is 0. The van der Waals surface area contributed by atoms with Gasteiger partial charge in [-0.2, -0.15) is 0 Å². The number of rotatable bonds is 1. The molecule has 1 aromatic heterocycles. The Morgan fingerprint density at radius 2 is 2.00 bits per heavy atom. The monoisotopic (exact) mass is 207 g/mol. The third-order valence-electron chi connectivity index (χ3n) is 2.11. The Hall–Kier alpha value is -1.04. The van der Waals surface area contributed by atoms with Gasteiger partial charge in [-0.05, 0) is 29.9 Å². The number of fused-ring (bicyclic) bond motifs is 1. The van der Waals surface area contributed by atoms with Crippen molar-refractivity contribution >= 4 is 39.0 Å². The zero-order chi connectivity index (χ0) is 10.3. The molecule has 2 rings (SSSR count). The molecular weight excluding hydrogens is 197 g/mol. The van der Waals surface area contributed by atoms with Crippen molar-refractivity contribution in [3.05, 3.63) is 23.8 Å². The molecule has 72 valence electrons. The van der Waals surface area contributed by atoms with Crippen LogP contribution in [0.4, 0.5) is 5.00 Å². The molecule has 0 radical (unpaired) electrons. The summed E-state index contributed by atoms with van der Waals surface area (Å²) in [6, 6.07) is 5.52. The molecule has 1 aromatic carbocycles. The number of anilines is 1. The van der Waals surface area contributed by atoms with Gasteiger partial charge in [-0.3, -0.25) is 0 Å². The lowest BCUT2D eigenvalue weighted by Crippen LogP contribution is -2.30. The highest BCUT2D eigenvalue weighted by Crippen LogP contribution is 2.27. The first kappa shape index (κ1) is 9.52. The summed E-state index contributed by atoms with van der Waals surface area (Å²) in [6.07, 6.45) is 0. The molecule has 0 atom stereocenters. The molecular formula is C9H10BNO2S. The maximum atomic E-state index is 9.17. The number of hydrogen-bond donors (Lipinski definition) is 3.